The molecule has 1 atom stereocenters. The van der Waals surface area contributed by atoms with Crippen LogP contribution in [0.4, 0.5) is 0 Å². The maximum Gasteiger partial charge on any atom is 0.256 e. The third-order valence-electron chi connectivity index (χ3n) is 3.94. The molecule has 6 nitrogen and oxygen atoms in total. The van der Waals surface area contributed by atoms with Crippen molar-refractivity contribution in [2.24, 2.45) is 0 Å². The van der Waals surface area contributed by atoms with Crippen LogP contribution in [-0.4, -0.2) is 55.7 Å². The van der Waals surface area contributed by atoms with E-state index >= 15 is 0 Å². The van der Waals surface area contributed by atoms with Gasteiger partial charge in [-0.3, -0.25) is 9.69 Å². The Bertz CT molecular complexity index is 539. The highest BCUT2D eigenvalue weighted by atomic mass is 35.5. The molecule has 1 aromatic rings. The number of hydrogen-bond donors (Lipinski definition) is 1. The van der Waals surface area contributed by atoms with Gasteiger partial charge in [0.25, 0.3) is 5.91 Å². The van der Waals surface area contributed by atoms with Crippen molar-refractivity contribution in [3.8, 4) is 11.8 Å². The molecule has 1 fully saturated rings. The van der Waals surface area contributed by atoms with E-state index < -0.39 is 0 Å². The molecule has 0 saturated carbocycles. The van der Waals surface area contributed by atoms with Crippen molar-refractivity contribution in [3.63, 3.8) is 0 Å². The zero-order valence-electron chi connectivity index (χ0n) is 13.2. The van der Waals surface area contributed by atoms with E-state index in [1.807, 2.05) is 0 Å². The van der Waals surface area contributed by atoms with E-state index in [0.717, 1.165) is 19.5 Å². The molecule has 122 valence electrons. The van der Waals surface area contributed by atoms with Crippen molar-refractivity contribution in [2.45, 2.75) is 25.8 Å². The number of carbonyl (C=O) groups is 1. The molecule has 7 heteroatoms. The molecule has 2 heterocycles. The molecule has 1 aliphatic rings. The van der Waals surface area contributed by atoms with E-state index in [1.54, 1.807) is 0 Å². The maximum absolute atomic E-state index is 12.4. The molecule has 0 aromatic carbocycles. The summed E-state index contributed by atoms with van der Waals surface area (Å²) in [6.45, 7) is 4.84. The van der Waals surface area contributed by atoms with E-state index in [2.05, 4.69) is 22.1 Å². The van der Waals surface area contributed by atoms with Crippen LogP contribution < -0.4 is 14.8 Å². The first kappa shape index (κ1) is 16.8. The van der Waals surface area contributed by atoms with Gasteiger partial charge in [0.15, 0.2) is 0 Å². The molecule has 1 aliphatic heterocycles. The predicted molar refractivity (Wildman–Crippen MR) is 85.0 cm³/mol. The SMILES string of the molecule is CCN1CCCC1CNC(=O)c1cc(Cl)c(OC)nc1OC. The van der Waals surface area contributed by atoms with E-state index in [0.29, 0.717) is 18.2 Å². The first-order valence-electron chi connectivity index (χ1n) is 7.41. The summed E-state index contributed by atoms with van der Waals surface area (Å²) in [5.74, 6) is 0.206. The molecule has 1 N–H and O–H groups in total. The largest absolute Gasteiger partial charge is 0.480 e. The van der Waals surface area contributed by atoms with Gasteiger partial charge >= 0.3 is 0 Å². The Balaban J connectivity index is 2.07. The summed E-state index contributed by atoms with van der Waals surface area (Å²) >= 11 is 6.04. The molecule has 0 bridgehead atoms. The summed E-state index contributed by atoms with van der Waals surface area (Å²) in [7, 11) is 2.93. The number of amides is 1. The molecule has 0 spiro atoms. The molecular weight excluding hydrogens is 306 g/mol. The number of methoxy groups -OCH3 is 2. The summed E-state index contributed by atoms with van der Waals surface area (Å²) in [6.07, 6.45) is 2.28. The monoisotopic (exact) mass is 327 g/mol. The van der Waals surface area contributed by atoms with Gasteiger partial charge in [0.2, 0.25) is 11.8 Å². The second-order valence-corrected chi connectivity index (χ2v) is 5.58. The van der Waals surface area contributed by atoms with E-state index in [4.69, 9.17) is 21.1 Å². The number of aromatic nitrogens is 1. The molecule has 1 amide bonds. The number of rotatable bonds is 6. The second kappa shape index (κ2) is 7.65. The number of likely N-dealkylation sites (N-methyl/N-ethyl adjacent to an activating group) is 1. The number of likely N-dealkylation sites (tertiary alicyclic amines) is 1. The smallest absolute Gasteiger partial charge is 0.256 e. The van der Waals surface area contributed by atoms with Crippen LogP contribution in [0, 0.1) is 0 Å². The van der Waals surface area contributed by atoms with Crippen LogP contribution in [0.15, 0.2) is 6.07 Å². The normalized spacial score (nSPS) is 18.3. The van der Waals surface area contributed by atoms with Crippen molar-refractivity contribution in [2.75, 3.05) is 33.9 Å². The topological polar surface area (TPSA) is 63.7 Å². The maximum atomic E-state index is 12.4. The van der Waals surface area contributed by atoms with Gasteiger partial charge in [-0.15, -0.1) is 0 Å². The fraction of sp³-hybridized carbons (Fsp3) is 0.600. The summed E-state index contributed by atoms with van der Waals surface area (Å²) in [5, 5.41) is 3.23. The van der Waals surface area contributed by atoms with Crippen LogP contribution in [-0.2, 0) is 0 Å². The number of halogens is 1. The van der Waals surface area contributed by atoms with Gasteiger partial charge in [0.05, 0.1) is 14.2 Å². The van der Waals surface area contributed by atoms with E-state index in [-0.39, 0.29) is 22.7 Å². The molecule has 1 saturated heterocycles. The first-order chi connectivity index (χ1) is 10.6. The van der Waals surface area contributed by atoms with Crippen LogP contribution in [0.25, 0.3) is 0 Å². The molecule has 2 rings (SSSR count). The Morgan fingerprint density at radius 1 is 1.45 bits per heavy atom. The minimum Gasteiger partial charge on any atom is -0.480 e. The van der Waals surface area contributed by atoms with E-state index in [1.165, 1.54) is 26.7 Å². The van der Waals surface area contributed by atoms with Crippen LogP contribution in [0.1, 0.15) is 30.1 Å². The standard InChI is InChI=1S/C15H22ClN3O3/c1-4-19-7-5-6-10(19)9-17-13(20)11-8-12(16)15(22-3)18-14(11)21-2/h8,10H,4-7,9H2,1-3H3,(H,17,20). The molecule has 0 aliphatic carbocycles. The summed E-state index contributed by atoms with van der Waals surface area (Å²) < 4.78 is 10.2. The van der Waals surface area contributed by atoms with Crippen LogP contribution >= 0.6 is 11.6 Å². The molecule has 22 heavy (non-hydrogen) atoms. The summed E-state index contributed by atoms with van der Waals surface area (Å²) in [4.78, 5) is 18.8. The van der Waals surface area contributed by atoms with Gasteiger partial charge in [-0.2, -0.15) is 4.98 Å². The number of nitrogens with zero attached hydrogens (tertiary/aromatic N) is 2. The van der Waals surface area contributed by atoms with Crippen LogP contribution in [0.5, 0.6) is 11.8 Å². The van der Waals surface area contributed by atoms with E-state index in [9.17, 15) is 4.79 Å². The molecule has 1 aromatic heterocycles. The fourth-order valence-electron chi connectivity index (χ4n) is 2.77. The zero-order valence-corrected chi connectivity index (χ0v) is 13.9. The highest BCUT2D eigenvalue weighted by molar-refractivity contribution is 6.32. The third-order valence-corrected chi connectivity index (χ3v) is 4.21. The Morgan fingerprint density at radius 2 is 2.18 bits per heavy atom. The highest BCUT2D eigenvalue weighted by Crippen LogP contribution is 2.28. The number of carbonyl (C=O) groups excluding carboxylic acids is 1. The summed E-state index contributed by atoms with van der Waals surface area (Å²) in [5.41, 5.74) is 0.314. The zero-order chi connectivity index (χ0) is 16.1. The molecule has 0 radical (unpaired) electrons. The van der Waals surface area contributed by atoms with Gasteiger partial charge in [-0.25, -0.2) is 0 Å². The Labute approximate surface area is 135 Å². The molecule has 1 unspecified atom stereocenters. The van der Waals surface area contributed by atoms with Crippen molar-refractivity contribution in [1.82, 2.24) is 15.2 Å². The van der Waals surface area contributed by atoms with Crippen molar-refractivity contribution < 1.29 is 14.3 Å². The quantitative estimate of drug-likeness (QED) is 0.865. The predicted octanol–water partition coefficient (Wildman–Crippen LogP) is 1.97. The lowest BCUT2D eigenvalue weighted by atomic mass is 10.2. The van der Waals surface area contributed by atoms with Gasteiger partial charge in [-0.1, -0.05) is 18.5 Å². The second-order valence-electron chi connectivity index (χ2n) is 5.17. The van der Waals surface area contributed by atoms with Gasteiger partial charge in [0.1, 0.15) is 10.6 Å². The van der Waals surface area contributed by atoms with Crippen molar-refractivity contribution >= 4 is 17.5 Å². The third kappa shape index (κ3) is 3.62. The first-order valence-corrected chi connectivity index (χ1v) is 7.79. The lowest BCUT2D eigenvalue weighted by molar-refractivity contribution is 0.0937. The number of nitrogens with one attached hydrogen (secondary N) is 1. The summed E-state index contributed by atoms with van der Waals surface area (Å²) in [6, 6.07) is 1.91. The van der Waals surface area contributed by atoms with Crippen LogP contribution in [0.3, 0.4) is 0 Å². The average molecular weight is 328 g/mol. The average Bonchev–Trinajstić information content (AvgIpc) is 2.99. The lowest BCUT2D eigenvalue weighted by Gasteiger charge is -2.23. The highest BCUT2D eigenvalue weighted by Gasteiger charge is 2.24. The Morgan fingerprint density at radius 3 is 2.82 bits per heavy atom. The van der Waals surface area contributed by atoms with Gasteiger partial charge in [-0.05, 0) is 32.0 Å². The van der Waals surface area contributed by atoms with Crippen molar-refractivity contribution in [1.29, 1.82) is 0 Å². The minimum atomic E-state index is -0.239. The number of ether oxygens (including phenoxy) is 2. The van der Waals surface area contributed by atoms with Crippen molar-refractivity contribution in [3.05, 3.63) is 16.7 Å². The Hall–Kier alpha value is -1.53. The van der Waals surface area contributed by atoms with Gasteiger partial charge < -0.3 is 14.8 Å². The van der Waals surface area contributed by atoms with Crippen LogP contribution in [0.2, 0.25) is 5.02 Å². The molecular formula is C15H22ClN3O3. The lowest BCUT2D eigenvalue weighted by Crippen LogP contribution is -2.40. The number of hydrogen-bond acceptors (Lipinski definition) is 5. The van der Waals surface area contributed by atoms with Gasteiger partial charge in [0, 0.05) is 12.6 Å². The minimum absolute atomic E-state index is 0.206. The number of pyridine rings is 1. The fourth-order valence-corrected chi connectivity index (χ4v) is 2.99. The Kier molecular flexibility index (Phi) is 5.85.